The number of nitrogens with one attached hydrogen (secondary N) is 1. The van der Waals surface area contributed by atoms with E-state index >= 15 is 0 Å². The molecule has 1 heterocycles. The van der Waals surface area contributed by atoms with E-state index in [2.05, 4.69) is 10.3 Å². The van der Waals surface area contributed by atoms with Gasteiger partial charge < -0.3 is 10.4 Å². The number of amides is 1. The lowest BCUT2D eigenvalue weighted by Crippen LogP contribution is -2.26. The van der Waals surface area contributed by atoms with Crippen LogP contribution in [0.4, 0.5) is 0 Å². The van der Waals surface area contributed by atoms with Crippen LogP contribution >= 0.6 is 0 Å². The predicted octanol–water partition coefficient (Wildman–Crippen LogP) is 2.69. The molecule has 2 N–H and O–H groups in total. The highest BCUT2D eigenvalue weighted by Gasteiger charge is 2.11. The third kappa shape index (κ3) is 8.70. The Hall–Kier alpha value is -1.42. The van der Waals surface area contributed by atoms with Crippen molar-refractivity contribution in [3.8, 4) is 0 Å². The topological polar surface area (TPSA) is 62.2 Å². The molecule has 0 fully saturated rings. The first-order valence-corrected chi connectivity index (χ1v) is 6.52. The molecule has 0 unspecified atom stereocenters. The van der Waals surface area contributed by atoms with Crippen LogP contribution in [-0.2, 0) is 4.79 Å². The van der Waals surface area contributed by atoms with Crippen LogP contribution in [-0.4, -0.2) is 22.6 Å². The van der Waals surface area contributed by atoms with Crippen molar-refractivity contribution in [3.63, 3.8) is 0 Å². The second-order valence-corrected chi connectivity index (χ2v) is 3.05. The summed E-state index contributed by atoms with van der Waals surface area (Å²) in [6.45, 7) is 9.50. The zero-order valence-electron chi connectivity index (χ0n) is 12.1. The minimum Gasteiger partial charge on any atom is -0.396 e. The average molecular weight is 254 g/mol. The van der Waals surface area contributed by atoms with E-state index in [1.54, 1.807) is 12.4 Å². The Morgan fingerprint density at radius 1 is 1.39 bits per heavy atom. The Morgan fingerprint density at radius 3 is 2.39 bits per heavy atom. The standard InChI is InChI=1S/C10H14N2O2.2C2H6/c1-8(14)12-10(4-6-13)9-3-2-5-11-7-9;2*1-2/h2-3,5,7,10,13H,4,6H2,1H3,(H,12,14);2*1-2H3/t10-;;/m0../s1. The van der Waals surface area contributed by atoms with Gasteiger partial charge in [-0.05, 0) is 18.1 Å². The van der Waals surface area contributed by atoms with Gasteiger partial charge in [-0.15, -0.1) is 0 Å². The molecule has 1 aromatic rings. The van der Waals surface area contributed by atoms with Gasteiger partial charge in [0.2, 0.25) is 5.91 Å². The highest BCUT2D eigenvalue weighted by molar-refractivity contribution is 5.73. The minimum atomic E-state index is -0.147. The van der Waals surface area contributed by atoms with E-state index in [1.165, 1.54) is 6.92 Å². The Bertz CT molecular complexity index is 289. The molecule has 0 radical (unpaired) electrons. The number of rotatable bonds is 4. The molecule has 1 aromatic heterocycles. The van der Waals surface area contributed by atoms with Gasteiger partial charge in [0.15, 0.2) is 0 Å². The lowest BCUT2D eigenvalue weighted by atomic mass is 10.1. The van der Waals surface area contributed by atoms with Crippen LogP contribution in [0.1, 0.15) is 52.6 Å². The van der Waals surface area contributed by atoms with Crippen LogP contribution in [0.5, 0.6) is 0 Å². The first-order valence-electron chi connectivity index (χ1n) is 6.52. The average Bonchev–Trinajstić information content (AvgIpc) is 2.43. The minimum absolute atomic E-state index is 0.0415. The van der Waals surface area contributed by atoms with Crippen molar-refractivity contribution >= 4 is 5.91 Å². The summed E-state index contributed by atoms with van der Waals surface area (Å²) in [7, 11) is 0. The number of carbonyl (C=O) groups excluding carboxylic acids is 1. The van der Waals surface area contributed by atoms with Crippen LogP contribution in [0.15, 0.2) is 24.5 Å². The van der Waals surface area contributed by atoms with Gasteiger partial charge in [-0.25, -0.2) is 0 Å². The van der Waals surface area contributed by atoms with E-state index in [9.17, 15) is 4.79 Å². The summed E-state index contributed by atoms with van der Waals surface area (Å²) in [6, 6.07) is 3.54. The molecular weight excluding hydrogens is 228 g/mol. The van der Waals surface area contributed by atoms with Crippen molar-refractivity contribution in [1.82, 2.24) is 10.3 Å². The maximum Gasteiger partial charge on any atom is 0.217 e. The molecule has 0 spiro atoms. The van der Waals surface area contributed by atoms with Crippen LogP contribution in [0.2, 0.25) is 0 Å². The Balaban J connectivity index is 0. The molecule has 0 saturated heterocycles. The van der Waals surface area contributed by atoms with E-state index in [4.69, 9.17) is 5.11 Å². The van der Waals surface area contributed by atoms with E-state index in [-0.39, 0.29) is 18.6 Å². The highest BCUT2D eigenvalue weighted by atomic mass is 16.3. The molecule has 0 aliphatic carbocycles. The van der Waals surface area contributed by atoms with Crippen molar-refractivity contribution in [2.75, 3.05) is 6.61 Å². The SMILES string of the molecule is CC.CC.CC(=O)N[C@@H](CCO)c1cccnc1. The van der Waals surface area contributed by atoms with Crippen molar-refractivity contribution in [2.45, 2.75) is 47.1 Å². The number of hydrogen-bond donors (Lipinski definition) is 2. The summed E-state index contributed by atoms with van der Waals surface area (Å²) < 4.78 is 0. The van der Waals surface area contributed by atoms with Gasteiger partial charge in [0.05, 0.1) is 6.04 Å². The van der Waals surface area contributed by atoms with Gasteiger partial charge in [0, 0.05) is 25.9 Å². The lowest BCUT2D eigenvalue weighted by molar-refractivity contribution is -0.119. The smallest absolute Gasteiger partial charge is 0.217 e. The number of carbonyl (C=O) groups is 1. The zero-order valence-corrected chi connectivity index (χ0v) is 12.1. The van der Waals surface area contributed by atoms with Crippen molar-refractivity contribution < 1.29 is 9.90 Å². The summed E-state index contributed by atoms with van der Waals surface area (Å²) in [5.74, 6) is -0.104. The molecule has 0 bridgehead atoms. The van der Waals surface area contributed by atoms with Crippen LogP contribution < -0.4 is 5.32 Å². The first-order chi connectivity index (χ1) is 8.74. The van der Waals surface area contributed by atoms with Gasteiger partial charge in [0.25, 0.3) is 0 Å². The molecule has 0 aliphatic rings. The van der Waals surface area contributed by atoms with E-state index in [0.29, 0.717) is 6.42 Å². The number of aliphatic hydroxyl groups is 1. The fourth-order valence-corrected chi connectivity index (χ4v) is 1.28. The number of hydrogen-bond acceptors (Lipinski definition) is 3. The number of nitrogens with zero attached hydrogens (tertiary/aromatic N) is 1. The first kappa shape index (κ1) is 18.9. The molecular formula is C14H26N2O2. The number of aliphatic hydroxyl groups excluding tert-OH is 1. The van der Waals surface area contributed by atoms with Crippen molar-refractivity contribution in [3.05, 3.63) is 30.1 Å². The van der Waals surface area contributed by atoms with E-state index in [0.717, 1.165) is 5.56 Å². The Labute approximate surface area is 110 Å². The van der Waals surface area contributed by atoms with Crippen molar-refractivity contribution in [2.24, 2.45) is 0 Å². The molecule has 18 heavy (non-hydrogen) atoms. The second-order valence-electron chi connectivity index (χ2n) is 3.05. The van der Waals surface area contributed by atoms with Gasteiger partial charge in [-0.2, -0.15) is 0 Å². The Kier molecular flexibility index (Phi) is 14.4. The van der Waals surface area contributed by atoms with Crippen LogP contribution in [0.25, 0.3) is 0 Å². The highest BCUT2D eigenvalue weighted by Crippen LogP contribution is 2.14. The molecule has 0 aromatic carbocycles. The monoisotopic (exact) mass is 254 g/mol. The van der Waals surface area contributed by atoms with Crippen molar-refractivity contribution in [1.29, 1.82) is 0 Å². The summed E-state index contributed by atoms with van der Waals surface area (Å²) in [5.41, 5.74) is 0.914. The molecule has 0 aliphatic heterocycles. The predicted molar refractivity (Wildman–Crippen MR) is 75.2 cm³/mol. The van der Waals surface area contributed by atoms with Gasteiger partial charge >= 0.3 is 0 Å². The molecule has 4 nitrogen and oxygen atoms in total. The van der Waals surface area contributed by atoms with E-state index < -0.39 is 0 Å². The molecule has 104 valence electrons. The van der Waals surface area contributed by atoms with Gasteiger partial charge in [-0.1, -0.05) is 33.8 Å². The maximum atomic E-state index is 10.9. The molecule has 1 rings (SSSR count). The summed E-state index contributed by atoms with van der Waals surface area (Å²) in [5, 5.41) is 11.6. The molecule has 4 heteroatoms. The lowest BCUT2D eigenvalue weighted by Gasteiger charge is -2.16. The van der Waals surface area contributed by atoms with Gasteiger partial charge in [0.1, 0.15) is 0 Å². The number of pyridine rings is 1. The summed E-state index contributed by atoms with van der Waals surface area (Å²) in [6.07, 6.45) is 3.87. The number of aromatic nitrogens is 1. The van der Waals surface area contributed by atoms with E-state index in [1.807, 2.05) is 39.8 Å². The Morgan fingerprint density at radius 2 is 2.00 bits per heavy atom. The third-order valence-corrected chi connectivity index (χ3v) is 1.88. The summed E-state index contributed by atoms with van der Waals surface area (Å²) >= 11 is 0. The molecule has 0 saturated carbocycles. The van der Waals surface area contributed by atoms with Crippen LogP contribution in [0, 0.1) is 0 Å². The fourth-order valence-electron chi connectivity index (χ4n) is 1.28. The maximum absolute atomic E-state index is 10.9. The fraction of sp³-hybridized carbons (Fsp3) is 0.571. The molecule has 1 atom stereocenters. The zero-order chi connectivity index (χ0) is 14.4. The third-order valence-electron chi connectivity index (χ3n) is 1.88. The quantitative estimate of drug-likeness (QED) is 0.868. The van der Waals surface area contributed by atoms with Crippen LogP contribution in [0.3, 0.4) is 0 Å². The molecule has 1 amide bonds. The van der Waals surface area contributed by atoms with Gasteiger partial charge in [-0.3, -0.25) is 9.78 Å². The summed E-state index contributed by atoms with van der Waals surface area (Å²) in [4.78, 5) is 14.9. The normalized spacial score (nSPS) is 10.1. The largest absolute Gasteiger partial charge is 0.396 e. The second kappa shape index (κ2) is 13.6.